The second-order valence-corrected chi connectivity index (χ2v) is 9.91. The Labute approximate surface area is 200 Å². The number of fused-ring (bicyclic) bond motifs is 1. The number of carbonyl (C=O) groups excluding carboxylic acids is 1. The van der Waals surface area contributed by atoms with E-state index in [9.17, 15) is 17.6 Å². The third kappa shape index (κ3) is 4.87. The number of hydrogen-bond donors (Lipinski definition) is 1. The predicted octanol–water partition coefficient (Wildman–Crippen LogP) is 4.80. The van der Waals surface area contributed by atoms with Crippen molar-refractivity contribution in [2.45, 2.75) is 25.3 Å². The molecule has 0 atom stereocenters. The number of benzene rings is 3. The Morgan fingerprint density at radius 3 is 2.41 bits per heavy atom. The maximum Gasteiger partial charge on any atom is 0.279 e. The third-order valence-electron chi connectivity index (χ3n) is 4.99. The lowest BCUT2D eigenvalue weighted by Crippen LogP contribution is -2.16. The number of ether oxygens (including phenoxy) is 1. The number of sulfonamides is 1. The third-order valence-corrected chi connectivity index (χ3v) is 7.43. The number of hydrogen-bond acceptors (Lipinski definition) is 5. The summed E-state index contributed by atoms with van der Waals surface area (Å²) in [5.74, 6) is -0.229. The average molecular weight is 500 g/mol. The molecule has 1 heterocycles. The van der Waals surface area contributed by atoms with Crippen molar-refractivity contribution in [3.8, 4) is 5.75 Å². The van der Waals surface area contributed by atoms with Crippen molar-refractivity contribution in [2.75, 3.05) is 11.3 Å². The van der Waals surface area contributed by atoms with E-state index in [0.29, 0.717) is 23.5 Å². The van der Waals surface area contributed by atoms with Gasteiger partial charge >= 0.3 is 0 Å². The normalized spacial score (nSPS) is 12.1. The van der Waals surface area contributed by atoms with E-state index in [-0.39, 0.29) is 10.6 Å². The van der Waals surface area contributed by atoms with Crippen molar-refractivity contribution >= 4 is 43.2 Å². The minimum atomic E-state index is -3.88. The first kappa shape index (κ1) is 23.7. The van der Waals surface area contributed by atoms with Crippen molar-refractivity contribution in [3.63, 3.8) is 0 Å². The molecule has 4 rings (SSSR count). The summed E-state index contributed by atoms with van der Waals surface area (Å²) in [4.78, 5) is 17.6. The number of aryl methyl sites for hydroxylation is 1. The molecular weight excluding hydrogens is 477 g/mol. The van der Waals surface area contributed by atoms with Crippen LogP contribution in [0, 0.1) is 5.82 Å². The van der Waals surface area contributed by atoms with Gasteiger partial charge in [-0.15, -0.1) is 0 Å². The molecule has 34 heavy (non-hydrogen) atoms. The number of halogens is 1. The molecule has 7 nitrogen and oxygen atoms in total. The molecule has 0 unspecified atom stereocenters. The quantitative estimate of drug-likeness (QED) is 0.395. The highest BCUT2D eigenvalue weighted by atomic mass is 32.2. The monoisotopic (exact) mass is 499 g/mol. The Morgan fingerprint density at radius 2 is 1.76 bits per heavy atom. The van der Waals surface area contributed by atoms with Gasteiger partial charge in [0, 0.05) is 17.8 Å². The van der Waals surface area contributed by atoms with Crippen LogP contribution in [0.1, 0.15) is 24.2 Å². The molecular formula is C24H22FN3O4S2. The van der Waals surface area contributed by atoms with E-state index in [1.54, 1.807) is 0 Å². The van der Waals surface area contributed by atoms with Crippen molar-refractivity contribution in [2.24, 2.45) is 4.99 Å². The van der Waals surface area contributed by atoms with Gasteiger partial charge in [-0.25, -0.2) is 12.8 Å². The summed E-state index contributed by atoms with van der Waals surface area (Å²) in [6.45, 7) is 5.03. The summed E-state index contributed by atoms with van der Waals surface area (Å²) in [6, 6.07) is 16.2. The number of amides is 1. The zero-order valence-electron chi connectivity index (χ0n) is 18.5. The number of carbonyl (C=O) groups is 1. The number of thiazole rings is 1. The van der Waals surface area contributed by atoms with Crippen LogP contribution in [0.15, 0.2) is 76.6 Å². The van der Waals surface area contributed by atoms with Crippen LogP contribution in [-0.4, -0.2) is 25.5 Å². The summed E-state index contributed by atoms with van der Waals surface area (Å²) in [5.41, 5.74) is 1.48. The molecule has 4 aromatic rings. The van der Waals surface area contributed by atoms with Crippen LogP contribution in [-0.2, 0) is 16.6 Å². The maximum absolute atomic E-state index is 13.1. The second kappa shape index (κ2) is 9.78. The molecule has 0 aliphatic heterocycles. The first-order chi connectivity index (χ1) is 16.3. The highest BCUT2D eigenvalue weighted by Crippen LogP contribution is 2.27. The second-order valence-electron chi connectivity index (χ2n) is 7.22. The molecule has 1 N–H and O–H groups in total. The van der Waals surface area contributed by atoms with E-state index in [1.807, 2.05) is 36.6 Å². The Balaban J connectivity index is 1.60. The molecule has 0 saturated carbocycles. The molecule has 3 aromatic carbocycles. The number of nitrogens with one attached hydrogen (secondary N) is 1. The zero-order valence-corrected chi connectivity index (χ0v) is 20.1. The summed E-state index contributed by atoms with van der Waals surface area (Å²) < 4.78 is 49.1. The molecule has 0 fully saturated rings. The van der Waals surface area contributed by atoms with Crippen molar-refractivity contribution in [1.29, 1.82) is 0 Å². The van der Waals surface area contributed by atoms with Crippen LogP contribution in [0.3, 0.4) is 0 Å². The SMILES string of the molecule is CCOc1cccc2sc(=NC(=O)c3ccc(NS(=O)(=O)c4ccc(F)cc4)cc3)n(CC)c12. The number of aromatic nitrogens is 1. The van der Waals surface area contributed by atoms with E-state index in [4.69, 9.17) is 4.74 Å². The largest absolute Gasteiger partial charge is 0.492 e. The fourth-order valence-electron chi connectivity index (χ4n) is 3.41. The molecule has 0 saturated heterocycles. The van der Waals surface area contributed by atoms with Crippen LogP contribution in [0.4, 0.5) is 10.1 Å². The molecule has 0 radical (unpaired) electrons. The van der Waals surface area contributed by atoms with Crippen molar-refractivity contribution in [3.05, 3.63) is 82.9 Å². The Morgan fingerprint density at radius 1 is 1.06 bits per heavy atom. The Hall–Kier alpha value is -3.50. The minimum absolute atomic E-state index is 0.0654. The highest BCUT2D eigenvalue weighted by Gasteiger charge is 2.15. The first-order valence-electron chi connectivity index (χ1n) is 10.5. The van der Waals surface area contributed by atoms with Crippen molar-refractivity contribution in [1.82, 2.24) is 4.57 Å². The van der Waals surface area contributed by atoms with E-state index in [1.165, 1.54) is 47.7 Å². The van der Waals surface area contributed by atoms with Crippen LogP contribution in [0.5, 0.6) is 5.75 Å². The summed E-state index contributed by atoms with van der Waals surface area (Å²) in [5, 5.41) is 0. The van der Waals surface area contributed by atoms with Gasteiger partial charge in [0.05, 0.1) is 16.2 Å². The predicted molar refractivity (Wildman–Crippen MR) is 130 cm³/mol. The zero-order chi connectivity index (χ0) is 24.3. The summed E-state index contributed by atoms with van der Waals surface area (Å²) in [7, 11) is -3.88. The number of para-hydroxylation sites is 1. The number of nitrogens with zero attached hydrogens (tertiary/aromatic N) is 2. The van der Waals surface area contributed by atoms with Gasteiger partial charge in [0.15, 0.2) is 4.80 Å². The number of anilines is 1. The minimum Gasteiger partial charge on any atom is -0.492 e. The van der Waals surface area contributed by atoms with E-state index < -0.39 is 21.7 Å². The van der Waals surface area contributed by atoms with Gasteiger partial charge < -0.3 is 9.30 Å². The van der Waals surface area contributed by atoms with Gasteiger partial charge in [-0.1, -0.05) is 17.4 Å². The Kier molecular flexibility index (Phi) is 6.80. The first-order valence-corrected chi connectivity index (χ1v) is 12.8. The van der Waals surface area contributed by atoms with Gasteiger partial charge in [-0.3, -0.25) is 9.52 Å². The van der Waals surface area contributed by atoms with Gasteiger partial charge in [0.1, 0.15) is 17.1 Å². The van der Waals surface area contributed by atoms with Gasteiger partial charge in [-0.2, -0.15) is 4.99 Å². The molecule has 1 amide bonds. The van der Waals surface area contributed by atoms with Crippen LogP contribution >= 0.6 is 11.3 Å². The molecule has 0 aliphatic rings. The maximum atomic E-state index is 13.1. The highest BCUT2D eigenvalue weighted by molar-refractivity contribution is 7.92. The standard InChI is InChI=1S/C24H22FN3O4S2/c1-3-28-22-20(32-4-2)6-5-7-21(22)33-24(28)26-23(29)16-8-12-18(13-9-16)27-34(30,31)19-14-10-17(25)11-15-19/h5-15,27H,3-4H2,1-2H3. The molecule has 176 valence electrons. The fourth-order valence-corrected chi connectivity index (χ4v) is 5.58. The van der Waals surface area contributed by atoms with Crippen LogP contribution in [0.25, 0.3) is 10.2 Å². The molecule has 0 aliphatic carbocycles. The number of rotatable bonds is 7. The van der Waals surface area contributed by atoms with Crippen LogP contribution in [0.2, 0.25) is 0 Å². The Bertz CT molecular complexity index is 1510. The van der Waals surface area contributed by atoms with Gasteiger partial charge in [0.2, 0.25) is 0 Å². The topological polar surface area (TPSA) is 89.8 Å². The van der Waals surface area contributed by atoms with Crippen LogP contribution < -0.4 is 14.3 Å². The fraction of sp³-hybridized carbons (Fsp3) is 0.167. The molecule has 10 heteroatoms. The summed E-state index contributed by atoms with van der Waals surface area (Å²) >= 11 is 1.40. The lowest BCUT2D eigenvalue weighted by molar-refractivity contribution is 0.0998. The van der Waals surface area contributed by atoms with Gasteiger partial charge in [0.25, 0.3) is 15.9 Å². The molecule has 1 aromatic heterocycles. The van der Waals surface area contributed by atoms with Crippen molar-refractivity contribution < 1.29 is 22.3 Å². The average Bonchev–Trinajstić information content (AvgIpc) is 3.17. The van der Waals surface area contributed by atoms with E-state index in [2.05, 4.69) is 9.71 Å². The summed E-state index contributed by atoms with van der Waals surface area (Å²) in [6.07, 6.45) is 0. The molecule has 0 spiro atoms. The smallest absolute Gasteiger partial charge is 0.279 e. The van der Waals surface area contributed by atoms with Gasteiger partial charge in [-0.05, 0) is 74.5 Å². The molecule has 0 bridgehead atoms. The lowest BCUT2D eigenvalue weighted by atomic mass is 10.2. The lowest BCUT2D eigenvalue weighted by Gasteiger charge is -2.08. The van der Waals surface area contributed by atoms with E-state index in [0.717, 1.165) is 28.1 Å². The van der Waals surface area contributed by atoms with E-state index >= 15 is 0 Å².